The summed E-state index contributed by atoms with van der Waals surface area (Å²) in [6.07, 6.45) is 1.97. The third-order valence-electron chi connectivity index (χ3n) is 6.16. The van der Waals surface area contributed by atoms with Gasteiger partial charge in [0.25, 0.3) is 0 Å². The number of benzene rings is 2. The Hall–Kier alpha value is -2.67. The molecule has 4 rings (SSSR count). The van der Waals surface area contributed by atoms with Gasteiger partial charge < -0.3 is 14.6 Å². The molecular weight excluding hydrogens is 438 g/mol. The van der Waals surface area contributed by atoms with E-state index in [2.05, 4.69) is 43.9 Å². The number of hydrogen-bond acceptors (Lipinski definition) is 5. The summed E-state index contributed by atoms with van der Waals surface area (Å²) >= 11 is 0. The molecule has 6 heteroatoms. The standard InChI is InChI=1S/C29H39N3O3/c1-21(2)19-34-20-25(33)17-32(16-23-13-14-23)18-27-28(24-10-6-5-7-11-24)30-31(4)29(27)35-26-12-8-9-22(3)15-26/h5-12,15,21,23,25,33H,13-14,16-20H2,1-4H3/t25-/m0/s1. The predicted octanol–water partition coefficient (Wildman–Crippen LogP) is 5.43. The summed E-state index contributed by atoms with van der Waals surface area (Å²) in [6.45, 7) is 9.48. The second kappa shape index (κ2) is 11.8. The monoisotopic (exact) mass is 477 g/mol. The number of aliphatic hydroxyl groups excluding tert-OH is 1. The van der Waals surface area contributed by atoms with Crippen LogP contribution < -0.4 is 4.74 Å². The van der Waals surface area contributed by atoms with Crippen LogP contribution in [-0.4, -0.2) is 52.2 Å². The summed E-state index contributed by atoms with van der Waals surface area (Å²) in [5.74, 6) is 2.68. The van der Waals surface area contributed by atoms with Crippen molar-refractivity contribution in [1.29, 1.82) is 0 Å². The van der Waals surface area contributed by atoms with Crippen molar-refractivity contribution in [2.45, 2.75) is 46.3 Å². The molecule has 0 spiro atoms. The molecule has 2 aromatic carbocycles. The van der Waals surface area contributed by atoms with Crippen molar-refractivity contribution in [1.82, 2.24) is 14.7 Å². The predicted molar refractivity (Wildman–Crippen MR) is 140 cm³/mol. The van der Waals surface area contributed by atoms with Crippen LogP contribution in [0.25, 0.3) is 11.3 Å². The average molecular weight is 478 g/mol. The number of aliphatic hydroxyl groups is 1. The molecule has 1 aliphatic rings. The normalized spacial score (nSPS) is 14.6. The van der Waals surface area contributed by atoms with Crippen molar-refractivity contribution in [3.8, 4) is 22.9 Å². The summed E-state index contributed by atoms with van der Waals surface area (Å²) in [5.41, 5.74) is 4.16. The van der Waals surface area contributed by atoms with Crippen LogP contribution in [0.2, 0.25) is 0 Å². The fourth-order valence-corrected chi connectivity index (χ4v) is 4.32. The maximum atomic E-state index is 10.8. The molecule has 1 heterocycles. The Labute approximate surface area is 209 Å². The summed E-state index contributed by atoms with van der Waals surface area (Å²) < 4.78 is 14.0. The van der Waals surface area contributed by atoms with Crippen LogP contribution in [0.5, 0.6) is 11.6 Å². The smallest absolute Gasteiger partial charge is 0.222 e. The van der Waals surface area contributed by atoms with E-state index in [1.165, 1.54) is 12.8 Å². The van der Waals surface area contributed by atoms with E-state index in [1.807, 2.05) is 48.1 Å². The zero-order valence-corrected chi connectivity index (χ0v) is 21.5. The topological polar surface area (TPSA) is 59.8 Å². The van der Waals surface area contributed by atoms with Gasteiger partial charge in [-0.05, 0) is 49.3 Å². The largest absolute Gasteiger partial charge is 0.439 e. The summed E-state index contributed by atoms with van der Waals surface area (Å²) in [7, 11) is 1.93. The van der Waals surface area contributed by atoms with E-state index in [-0.39, 0.29) is 0 Å². The van der Waals surface area contributed by atoms with Crippen LogP contribution in [0, 0.1) is 18.8 Å². The molecule has 35 heavy (non-hydrogen) atoms. The maximum absolute atomic E-state index is 10.8. The van der Waals surface area contributed by atoms with Crippen LogP contribution in [-0.2, 0) is 18.3 Å². The van der Waals surface area contributed by atoms with E-state index in [1.54, 1.807) is 0 Å². The maximum Gasteiger partial charge on any atom is 0.222 e. The first kappa shape index (κ1) is 25.4. The lowest BCUT2D eigenvalue weighted by Crippen LogP contribution is -2.36. The lowest BCUT2D eigenvalue weighted by Gasteiger charge is -2.26. The molecule has 3 aromatic rings. The van der Waals surface area contributed by atoms with Crippen LogP contribution >= 0.6 is 0 Å². The van der Waals surface area contributed by atoms with E-state index >= 15 is 0 Å². The van der Waals surface area contributed by atoms with Gasteiger partial charge in [0.2, 0.25) is 5.88 Å². The van der Waals surface area contributed by atoms with Gasteiger partial charge in [-0.3, -0.25) is 4.90 Å². The molecule has 188 valence electrons. The van der Waals surface area contributed by atoms with Gasteiger partial charge in [0.05, 0.1) is 18.3 Å². The third kappa shape index (κ3) is 7.40. The molecule has 1 aromatic heterocycles. The van der Waals surface area contributed by atoms with Crippen molar-refractivity contribution in [3.05, 3.63) is 65.7 Å². The van der Waals surface area contributed by atoms with Gasteiger partial charge in [0.1, 0.15) is 11.4 Å². The first-order chi connectivity index (χ1) is 16.9. The number of nitrogens with zero attached hydrogens (tertiary/aromatic N) is 3. The van der Waals surface area contributed by atoms with Crippen LogP contribution in [0.1, 0.15) is 37.8 Å². The Balaban J connectivity index is 1.61. The Kier molecular flexibility index (Phi) is 8.60. The Morgan fingerprint density at radius 2 is 1.86 bits per heavy atom. The first-order valence-corrected chi connectivity index (χ1v) is 12.7. The van der Waals surface area contributed by atoms with Gasteiger partial charge in [-0.15, -0.1) is 0 Å². The molecule has 1 saturated carbocycles. The van der Waals surface area contributed by atoms with Gasteiger partial charge in [-0.1, -0.05) is 56.3 Å². The molecule has 0 amide bonds. The first-order valence-electron chi connectivity index (χ1n) is 12.7. The molecule has 1 atom stereocenters. The third-order valence-corrected chi connectivity index (χ3v) is 6.16. The summed E-state index contributed by atoms with van der Waals surface area (Å²) in [5, 5.41) is 15.6. The highest BCUT2D eigenvalue weighted by atomic mass is 16.5. The molecule has 6 nitrogen and oxygen atoms in total. The van der Waals surface area contributed by atoms with Gasteiger partial charge in [0.15, 0.2) is 0 Å². The highest BCUT2D eigenvalue weighted by molar-refractivity contribution is 5.65. The average Bonchev–Trinajstić information content (AvgIpc) is 3.58. The molecule has 0 radical (unpaired) electrons. The summed E-state index contributed by atoms with van der Waals surface area (Å²) in [4.78, 5) is 2.34. The van der Waals surface area contributed by atoms with Crippen molar-refractivity contribution in [3.63, 3.8) is 0 Å². The number of aromatic nitrogens is 2. The van der Waals surface area contributed by atoms with E-state index in [0.29, 0.717) is 38.1 Å². The fourth-order valence-electron chi connectivity index (χ4n) is 4.32. The van der Waals surface area contributed by atoms with E-state index in [4.69, 9.17) is 14.6 Å². The molecule has 1 aliphatic carbocycles. The fraction of sp³-hybridized carbons (Fsp3) is 0.483. The minimum atomic E-state index is -0.537. The van der Waals surface area contributed by atoms with Crippen molar-refractivity contribution in [2.24, 2.45) is 18.9 Å². The molecule has 1 fully saturated rings. The molecule has 0 unspecified atom stereocenters. The van der Waals surface area contributed by atoms with Gasteiger partial charge >= 0.3 is 0 Å². The number of ether oxygens (including phenoxy) is 2. The zero-order valence-electron chi connectivity index (χ0n) is 21.5. The molecule has 0 aliphatic heterocycles. The Morgan fingerprint density at radius 1 is 1.09 bits per heavy atom. The van der Waals surface area contributed by atoms with Crippen molar-refractivity contribution < 1.29 is 14.6 Å². The van der Waals surface area contributed by atoms with Gasteiger partial charge in [-0.25, -0.2) is 4.68 Å². The molecular formula is C29H39N3O3. The van der Waals surface area contributed by atoms with E-state index < -0.39 is 6.10 Å². The minimum Gasteiger partial charge on any atom is -0.439 e. The van der Waals surface area contributed by atoms with E-state index in [0.717, 1.165) is 40.6 Å². The number of rotatable bonds is 13. The molecule has 0 saturated heterocycles. The lowest BCUT2D eigenvalue weighted by molar-refractivity contribution is 0.00613. The highest BCUT2D eigenvalue weighted by Crippen LogP contribution is 2.36. The number of hydrogen-bond donors (Lipinski definition) is 1. The van der Waals surface area contributed by atoms with Gasteiger partial charge in [0, 0.05) is 38.9 Å². The highest BCUT2D eigenvalue weighted by Gasteiger charge is 2.28. The van der Waals surface area contributed by atoms with Gasteiger partial charge in [-0.2, -0.15) is 5.10 Å². The molecule has 0 bridgehead atoms. The van der Waals surface area contributed by atoms with Crippen LogP contribution in [0.4, 0.5) is 0 Å². The SMILES string of the molecule is Cc1cccc(Oc2c(CN(CC3CC3)C[C@H](O)COCC(C)C)c(-c3ccccc3)nn2C)c1. The minimum absolute atomic E-state index is 0.352. The molecule has 1 N–H and O–H groups in total. The lowest BCUT2D eigenvalue weighted by atomic mass is 10.1. The Morgan fingerprint density at radius 3 is 2.54 bits per heavy atom. The van der Waals surface area contributed by atoms with Crippen LogP contribution in [0.15, 0.2) is 54.6 Å². The van der Waals surface area contributed by atoms with Crippen molar-refractivity contribution >= 4 is 0 Å². The zero-order chi connectivity index (χ0) is 24.8. The van der Waals surface area contributed by atoms with Crippen LogP contribution in [0.3, 0.4) is 0 Å². The second-order valence-corrected chi connectivity index (χ2v) is 10.3. The van der Waals surface area contributed by atoms with E-state index in [9.17, 15) is 5.11 Å². The van der Waals surface area contributed by atoms with Crippen molar-refractivity contribution in [2.75, 3.05) is 26.3 Å². The number of aryl methyl sites for hydroxylation is 2. The second-order valence-electron chi connectivity index (χ2n) is 10.3. The quantitative estimate of drug-likeness (QED) is 0.356. The summed E-state index contributed by atoms with van der Waals surface area (Å²) in [6, 6.07) is 18.3. The Bertz CT molecular complexity index is 1080.